The SMILES string of the molecule is Cc1cc(C(=O)NNc2c(Cl)cc(Cl)cc2Cl)c(C)s1. The zero-order valence-electron chi connectivity index (χ0n) is 10.7. The number of halogens is 3. The predicted molar refractivity (Wildman–Crippen MR) is 86.4 cm³/mol. The minimum absolute atomic E-state index is 0.242. The zero-order chi connectivity index (χ0) is 14.9. The Kier molecular flexibility index (Phi) is 4.81. The molecule has 0 bridgehead atoms. The second-order valence-corrected chi connectivity index (χ2v) is 6.86. The number of amides is 1. The molecule has 2 N–H and O–H groups in total. The molecule has 7 heteroatoms. The Balaban J connectivity index is 2.13. The van der Waals surface area contributed by atoms with E-state index in [1.807, 2.05) is 19.9 Å². The Hall–Kier alpha value is -0.940. The van der Waals surface area contributed by atoms with Crippen LogP contribution in [-0.4, -0.2) is 5.91 Å². The quantitative estimate of drug-likeness (QED) is 0.758. The van der Waals surface area contributed by atoms with E-state index in [-0.39, 0.29) is 5.91 Å². The van der Waals surface area contributed by atoms with E-state index in [9.17, 15) is 4.79 Å². The van der Waals surface area contributed by atoms with Crippen LogP contribution in [0.5, 0.6) is 0 Å². The van der Waals surface area contributed by atoms with Crippen LogP contribution in [0.2, 0.25) is 15.1 Å². The fourth-order valence-electron chi connectivity index (χ4n) is 1.70. The first kappa shape index (κ1) is 15.4. The number of thiophene rings is 1. The van der Waals surface area contributed by atoms with Gasteiger partial charge < -0.3 is 0 Å². The summed E-state index contributed by atoms with van der Waals surface area (Å²) in [6.45, 7) is 3.85. The van der Waals surface area contributed by atoms with Crippen molar-refractivity contribution in [3.05, 3.63) is 48.6 Å². The van der Waals surface area contributed by atoms with Crippen molar-refractivity contribution >= 4 is 57.7 Å². The van der Waals surface area contributed by atoms with Gasteiger partial charge in [0.2, 0.25) is 0 Å². The van der Waals surface area contributed by atoms with E-state index in [1.54, 1.807) is 23.5 Å². The Morgan fingerprint density at radius 1 is 1.10 bits per heavy atom. The highest BCUT2D eigenvalue weighted by Crippen LogP contribution is 2.33. The summed E-state index contributed by atoms with van der Waals surface area (Å²) in [6.07, 6.45) is 0. The van der Waals surface area contributed by atoms with Crippen LogP contribution in [0, 0.1) is 13.8 Å². The second kappa shape index (κ2) is 6.22. The van der Waals surface area contributed by atoms with E-state index in [1.165, 1.54) is 0 Å². The summed E-state index contributed by atoms with van der Waals surface area (Å²) >= 11 is 19.4. The molecule has 0 atom stereocenters. The number of rotatable bonds is 3. The zero-order valence-corrected chi connectivity index (χ0v) is 13.8. The van der Waals surface area contributed by atoms with Crippen LogP contribution in [0.3, 0.4) is 0 Å². The van der Waals surface area contributed by atoms with Gasteiger partial charge in [0.25, 0.3) is 5.91 Å². The maximum absolute atomic E-state index is 12.1. The van der Waals surface area contributed by atoms with E-state index < -0.39 is 0 Å². The van der Waals surface area contributed by atoms with Crippen LogP contribution < -0.4 is 10.9 Å². The molecule has 1 aromatic carbocycles. The summed E-state index contributed by atoms with van der Waals surface area (Å²) < 4.78 is 0. The summed E-state index contributed by atoms with van der Waals surface area (Å²) in [4.78, 5) is 14.1. The average molecular weight is 350 g/mol. The van der Waals surface area contributed by atoms with Gasteiger partial charge in [-0.2, -0.15) is 0 Å². The Bertz CT molecular complexity index is 647. The third kappa shape index (κ3) is 3.38. The molecule has 0 aliphatic carbocycles. The molecular weight excluding hydrogens is 339 g/mol. The number of anilines is 1. The Morgan fingerprint density at radius 2 is 1.70 bits per heavy atom. The third-order valence-corrected chi connectivity index (χ3v) is 4.37. The van der Waals surface area contributed by atoms with Crippen molar-refractivity contribution in [2.45, 2.75) is 13.8 Å². The van der Waals surface area contributed by atoms with Crippen molar-refractivity contribution in [3.8, 4) is 0 Å². The van der Waals surface area contributed by atoms with Gasteiger partial charge in [0.15, 0.2) is 0 Å². The first-order valence-electron chi connectivity index (χ1n) is 5.66. The molecular formula is C13H11Cl3N2OS. The lowest BCUT2D eigenvalue weighted by atomic mass is 10.2. The van der Waals surface area contributed by atoms with Crippen molar-refractivity contribution in [2.24, 2.45) is 0 Å². The van der Waals surface area contributed by atoms with Crippen LogP contribution >= 0.6 is 46.1 Å². The molecule has 0 aliphatic heterocycles. The molecule has 0 saturated heterocycles. The number of hydrogen-bond donors (Lipinski definition) is 2. The molecule has 1 amide bonds. The molecule has 106 valence electrons. The number of carbonyl (C=O) groups excluding carboxylic acids is 1. The average Bonchev–Trinajstić information content (AvgIpc) is 2.66. The molecule has 0 spiro atoms. The Labute approximate surface area is 135 Å². The summed E-state index contributed by atoms with van der Waals surface area (Å²) in [6, 6.07) is 4.93. The first-order chi connectivity index (χ1) is 9.38. The van der Waals surface area contributed by atoms with Crippen LogP contribution in [0.4, 0.5) is 5.69 Å². The van der Waals surface area contributed by atoms with E-state index in [0.29, 0.717) is 26.3 Å². The van der Waals surface area contributed by atoms with E-state index >= 15 is 0 Å². The number of nitrogens with one attached hydrogen (secondary N) is 2. The smallest absolute Gasteiger partial charge is 0.270 e. The van der Waals surface area contributed by atoms with Gasteiger partial charge in [-0.3, -0.25) is 15.6 Å². The molecule has 2 aromatic rings. The van der Waals surface area contributed by atoms with E-state index in [0.717, 1.165) is 9.75 Å². The number of benzene rings is 1. The molecule has 3 nitrogen and oxygen atoms in total. The van der Waals surface area contributed by atoms with Gasteiger partial charge in [0, 0.05) is 14.8 Å². The molecule has 1 heterocycles. The van der Waals surface area contributed by atoms with Gasteiger partial charge in [-0.15, -0.1) is 11.3 Å². The first-order valence-corrected chi connectivity index (χ1v) is 7.61. The number of aryl methyl sites for hydroxylation is 2. The lowest BCUT2D eigenvalue weighted by Crippen LogP contribution is -2.29. The topological polar surface area (TPSA) is 41.1 Å². The maximum Gasteiger partial charge on any atom is 0.270 e. The van der Waals surface area contributed by atoms with Crippen molar-refractivity contribution in [3.63, 3.8) is 0 Å². The summed E-state index contributed by atoms with van der Waals surface area (Å²) in [5.41, 5.74) is 6.34. The van der Waals surface area contributed by atoms with Gasteiger partial charge in [-0.25, -0.2) is 0 Å². The van der Waals surface area contributed by atoms with Crippen molar-refractivity contribution < 1.29 is 4.79 Å². The number of hydrogen-bond acceptors (Lipinski definition) is 3. The largest absolute Gasteiger partial charge is 0.295 e. The highest BCUT2D eigenvalue weighted by atomic mass is 35.5. The summed E-state index contributed by atoms with van der Waals surface area (Å²) in [7, 11) is 0. The fraction of sp³-hybridized carbons (Fsp3) is 0.154. The minimum Gasteiger partial charge on any atom is -0.295 e. The highest BCUT2D eigenvalue weighted by molar-refractivity contribution is 7.12. The fourth-order valence-corrected chi connectivity index (χ4v) is 3.54. The maximum atomic E-state index is 12.1. The standard InChI is InChI=1S/C13H11Cl3N2OS/c1-6-3-9(7(2)20-6)13(19)18-17-12-10(15)4-8(14)5-11(12)16/h3-5,17H,1-2H3,(H,18,19). The summed E-state index contributed by atoms with van der Waals surface area (Å²) in [5, 5.41) is 1.10. The Morgan fingerprint density at radius 3 is 2.20 bits per heavy atom. The molecule has 0 aliphatic rings. The molecule has 0 fully saturated rings. The minimum atomic E-state index is -0.242. The molecule has 0 radical (unpaired) electrons. The third-order valence-electron chi connectivity index (χ3n) is 2.59. The number of carbonyl (C=O) groups is 1. The summed E-state index contributed by atoms with van der Waals surface area (Å²) in [5.74, 6) is -0.242. The van der Waals surface area contributed by atoms with Gasteiger partial charge >= 0.3 is 0 Å². The molecule has 2 rings (SSSR count). The molecule has 1 aromatic heterocycles. The normalized spacial score (nSPS) is 10.4. The van der Waals surface area contributed by atoms with Crippen LogP contribution in [-0.2, 0) is 0 Å². The van der Waals surface area contributed by atoms with Crippen molar-refractivity contribution in [2.75, 3.05) is 5.43 Å². The van der Waals surface area contributed by atoms with Crippen LogP contribution in [0.15, 0.2) is 18.2 Å². The van der Waals surface area contributed by atoms with Gasteiger partial charge in [0.05, 0.1) is 21.3 Å². The second-order valence-electron chi connectivity index (χ2n) is 4.15. The van der Waals surface area contributed by atoms with Gasteiger partial charge in [-0.1, -0.05) is 34.8 Å². The monoisotopic (exact) mass is 348 g/mol. The number of hydrazine groups is 1. The van der Waals surface area contributed by atoms with Crippen molar-refractivity contribution in [1.29, 1.82) is 0 Å². The highest BCUT2D eigenvalue weighted by Gasteiger charge is 2.13. The van der Waals surface area contributed by atoms with Gasteiger partial charge in [-0.05, 0) is 32.0 Å². The molecule has 20 heavy (non-hydrogen) atoms. The van der Waals surface area contributed by atoms with E-state index in [4.69, 9.17) is 34.8 Å². The predicted octanol–water partition coefficient (Wildman–Crippen LogP) is 5.08. The van der Waals surface area contributed by atoms with Crippen LogP contribution in [0.25, 0.3) is 0 Å². The van der Waals surface area contributed by atoms with E-state index in [2.05, 4.69) is 10.9 Å². The lowest BCUT2D eigenvalue weighted by Gasteiger charge is -2.12. The molecule has 0 unspecified atom stereocenters. The molecule has 0 saturated carbocycles. The van der Waals surface area contributed by atoms with Crippen molar-refractivity contribution in [1.82, 2.24) is 5.43 Å². The van der Waals surface area contributed by atoms with Gasteiger partial charge in [0.1, 0.15) is 0 Å². The van der Waals surface area contributed by atoms with Crippen LogP contribution in [0.1, 0.15) is 20.1 Å². The lowest BCUT2D eigenvalue weighted by molar-refractivity contribution is 0.0962.